The van der Waals surface area contributed by atoms with Gasteiger partial charge in [0.25, 0.3) is 0 Å². The summed E-state index contributed by atoms with van der Waals surface area (Å²) < 4.78 is 0. The quantitative estimate of drug-likeness (QED) is 0.732. The minimum atomic E-state index is 0.404. The zero-order valence-corrected chi connectivity index (χ0v) is 8.46. The molecule has 70 valence electrons. The molecule has 0 aliphatic carbocycles. The van der Waals surface area contributed by atoms with Gasteiger partial charge in [-0.1, -0.05) is 25.1 Å². The molecule has 0 radical (unpaired) electrons. The van der Waals surface area contributed by atoms with Crippen LogP contribution in [0.25, 0.3) is 5.57 Å². The monoisotopic (exact) mass is 176 g/mol. The van der Waals surface area contributed by atoms with Gasteiger partial charge in [0.2, 0.25) is 0 Å². The summed E-state index contributed by atoms with van der Waals surface area (Å²) in [5, 5.41) is 9.61. The average Bonchev–Trinajstić information content (AvgIpc) is 2.16. The van der Waals surface area contributed by atoms with E-state index in [0.717, 1.165) is 17.5 Å². The third-order valence-corrected chi connectivity index (χ3v) is 2.36. The van der Waals surface area contributed by atoms with E-state index in [0.29, 0.717) is 5.75 Å². The summed E-state index contributed by atoms with van der Waals surface area (Å²) in [4.78, 5) is 0. The summed E-state index contributed by atoms with van der Waals surface area (Å²) in [5.41, 5.74) is 3.41. The van der Waals surface area contributed by atoms with Crippen molar-refractivity contribution < 1.29 is 5.11 Å². The van der Waals surface area contributed by atoms with Gasteiger partial charge in [0, 0.05) is 5.56 Å². The number of hydrogen-bond acceptors (Lipinski definition) is 1. The number of phenolic OH excluding ortho intramolecular Hbond substituents is 1. The van der Waals surface area contributed by atoms with Gasteiger partial charge >= 0.3 is 0 Å². The van der Waals surface area contributed by atoms with E-state index >= 15 is 0 Å². The maximum absolute atomic E-state index is 9.61. The Bertz CT molecular complexity index is 324. The minimum absolute atomic E-state index is 0.404. The van der Waals surface area contributed by atoms with Crippen molar-refractivity contribution in [2.24, 2.45) is 0 Å². The van der Waals surface area contributed by atoms with Gasteiger partial charge in [-0.15, -0.1) is 0 Å². The van der Waals surface area contributed by atoms with E-state index in [-0.39, 0.29) is 0 Å². The number of aromatic hydroxyl groups is 1. The molecule has 1 rings (SSSR count). The molecule has 0 amide bonds. The van der Waals surface area contributed by atoms with E-state index < -0.39 is 0 Å². The number of allylic oxidation sites excluding steroid dienone is 2. The summed E-state index contributed by atoms with van der Waals surface area (Å²) in [6.45, 7) is 6.13. The second-order valence-electron chi connectivity index (χ2n) is 3.13. The molecule has 0 aliphatic rings. The van der Waals surface area contributed by atoms with Gasteiger partial charge < -0.3 is 5.11 Å². The number of phenols is 1. The zero-order valence-electron chi connectivity index (χ0n) is 8.46. The molecule has 1 N–H and O–H groups in total. The average molecular weight is 176 g/mol. The van der Waals surface area contributed by atoms with E-state index in [1.54, 1.807) is 6.07 Å². The lowest BCUT2D eigenvalue weighted by Crippen LogP contribution is -1.90. The number of hydrogen-bond donors (Lipinski definition) is 1. The fraction of sp³-hybridized carbons (Fsp3) is 0.333. The Labute approximate surface area is 79.7 Å². The van der Waals surface area contributed by atoms with Crippen LogP contribution in [0, 0.1) is 0 Å². The number of rotatable bonds is 2. The van der Waals surface area contributed by atoms with Crippen molar-refractivity contribution >= 4 is 5.57 Å². The topological polar surface area (TPSA) is 20.2 Å². The van der Waals surface area contributed by atoms with Gasteiger partial charge in [0.15, 0.2) is 0 Å². The molecule has 1 nitrogen and oxygen atoms in total. The highest BCUT2D eigenvalue weighted by molar-refractivity contribution is 5.68. The van der Waals surface area contributed by atoms with E-state index in [4.69, 9.17) is 0 Å². The molecular weight excluding hydrogens is 160 g/mol. The predicted molar refractivity (Wildman–Crippen MR) is 56.8 cm³/mol. The van der Waals surface area contributed by atoms with E-state index in [2.05, 4.69) is 19.9 Å². The van der Waals surface area contributed by atoms with Crippen molar-refractivity contribution in [1.82, 2.24) is 0 Å². The van der Waals surface area contributed by atoms with Crippen molar-refractivity contribution in [2.75, 3.05) is 0 Å². The lowest BCUT2D eigenvalue weighted by atomic mass is 9.98. The van der Waals surface area contributed by atoms with Crippen molar-refractivity contribution in [1.29, 1.82) is 0 Å². The molecule has 13 heavy (non-hydrogen) atoms. The zero-order chi connectivity index (χ0) is 9.84. The summed E-state index contributed by atoms with van der Waals surface area (Å²) in [7, 11) is 0. The number of benzene rings is 1. The van der Waals surface area contributed by atoms with Gasteiger partial charge in [-0.2, -0.15) is 0 Å². The second-order valence-corrected chi connectivity index (χ2v) is 3.13. The first-order valence-corrected chi connectivity index (χ1v) is 4.64. The Morgan fingerprint density at radius 3 is 2.69 bits per heavy atom. The third-order valence-electron chi connectivity index (χ3n) is 2.36. The fourth-order valence-corrected chi connectivity index (χ4v) is 1.47. The van der Waals surface area contributed by atoms with Crippen LogP contribution in [0.1, 0.15) is 31.9 Å². The molecule has 0 atom stereocenters. The van der Waals surface area contributed by atoms with E-state index in [1.165, 1.54) is 5.57 Å². The van der Waals surface area contributed by atoms with Crippen molar-refractivity contribution in [3.8, 4) is 5.75 Å². The summed E-state index contributed by atoms with van der Waals surface area (Å²) >= 11 is 0. The Kier molecular flexibility index (Phi) is 3.13. The van der Waals surface area contributed by atoms with Crippen LogP contribution < -0.4 is 0 Å². The van der Waals surface area contributed by atoms with Crippen LogP contribution >= 0.6 is 0 Å². The molecule has 1 heteroatoms. The van der Waals surface area contributed by atoms with Crippen molar-refractivity contribution in [2.45, 2.75) is 27.2 Å². The Morgan fingerprint density at radius 2 is 2.15 bits per heavy atom. The van der Waals surface area contributed by atoms with Crippen LogP contribution in [0.4, 0.5) is 0 Å². The van der Waals surface area contributed by atoms with Crippen LogP contribution in [0.3, 0.4) is 0 Å². The molecule has 0 heterocycles. The third kappa shape index (κ3) is 1.92. The van der Waals surface area contributed by atoms with Gasteiger partial charge in [0.05, 0.1) is 0 Å². The largest absolute Gasteiger partial charge is 0.508 e. The Balaban J connectivity index is 3.28. The van der Waals surface area contributed by atoms with Gasteiger partial charge in [0.1, 0.15) is 5.75 Å². The molecule has 1 aromatic carbocycles. The van der Waals surface area contributed by atoms with Crippen LogP contribution in [-0.4, -0.2) is 5.11 Å². The first-order chi connectivity index (χ1) is 6.20. The lowest BCUT2D eigenvalue weighted by Gasteiger charge is -2.09. The Hall–Kier alpha value is -1.24. The van der Waals surface area contributed by atoms with Crippen molar-refractivity contribution in [3.05, 3.63) is 35.4 Å². The maximum Gasteiger partial charge on any atom is 0.119 e. The van der Waals surface area contributed by atoms with Crippen molar-refractivity contribution in [3.63, 3.8) is 0 Å². The maximum atomic E-state index is 9.61. The Morgan fingerprint density at radius 1 is 1.46 bits per heavy atom. The summed E-state index contributed by atoms with van der Waals surface area (Å²) in [6.07, 6.45) is 2.93. The standard InChI is InChI=1S/C12H16O/c1-4-9(3)11-7-6-8-12(13)10(11)5-2/h4,6-8,13H,5H2,1-3H3/b9-4+. The molecule has 0 saturated carbocycles. The molecule has 0 unspecified atom stereocenters. The lowest BCUT2D eigenvalue weighted by molar-refractivity contribution is 0.468. The molecule has 0 bridgehead atoms. The normalized spacial score (nSPS) is 11.8. The highest BCUT2D eigenvalue weighted by Gasteiger charge is 2.05. The molecule has 0 aromatic heterocycles. The van der Waals surface area contributed by atoms with Crippen LogP contribution in [0.2, 0.25) is 0 Å². The molecule has 0 saturated heterocycles. The fourth-order valence-electron chi connectivity index (χ4n) is 1.47. The van der Waals surface area contributed by atoms with E-state index in [9.17, 15) is 5.11 Å². The van der Waals surface area contributed by atoms with Crippen LogP contribution in [0.5, 0.6) is 5.75 Å². The first-order valence-electron chi connectivity index (χ1n) is 4.64. The first kappa shape index (κ1) is 9.85. The SMILES string of the molecule is C/C=C(\C)c1cccc(O)c1CC. The molecule has 0 aliphatic heterocycles. The van der Waals surface area contributed by atoms with Crippen LogP contribution in [-0.2, 0) is 6.42 Å². The van der Waals surface area contributed by atoms with Gasteiger partial charge in [-0.25, -0.2) is 0 Å². The molecule has 0 fully saturated rings. The van der Waals surface area contributed by atoms with Crippen LogP contribution in [0.15, 0.2) is 24.3 Å². The molecular formula is C12H16O. The minimum Gasteiger partial charge on any atom is -0.508 e. The summed E-state index contributed by atoms with van der Waals surface area (Å²) in [5.74, 6) is 0.404. The van der Waals surface area contributed by atoms with Gasteiger partial charge in [-0.3, -0.25) is 0 Å². The van der Waals surface area contributed by atoms with Gasteiger partial charge in [-0.05, 0) is 37.5 Å². The highest BCUT2D eigenvalue weighted by atomic mass is 16.3. The smallest absolute Gasteiger partial charge is 0.119 e. The predicted octanol–water partition coefficient (Wildman–Crippen LogP) is 3.38. The summed E-state index contributed by atoms with van der Waals surface area (Å²) in [6, 6.07) is 5.68. The second kappa shape index (κ2) is 4.13. The molecule has 0 spiro atoms. The van der Waals surface area contributed by atoms with E-state index in [1.807, 2.05) is 19.1 Å². The highest BCUT2D eigenvalue weighted by Crippen LogP contribution is 2.26. The molecule has 1 aromatic rings.